The predicted molar refractivity (Wildman–Crippen MR) is 80.5 cm³/mol. The van der Waals surface area contributed by atoms with Gasteiger partial charge in [-0.2, -0.15) is 4.98 Å². The molecule has 22 heavy (non-hydrogen) atoms. The predicted octanol–water partition coefficient (Wildman–Crippen LogP) is 1.96. The Morgan fingerprint density at radius 3 is 2.68 bits per heavy atom. The van der Waals surface area contributed by atoms with E-state index in [1.807, 2.05) is 4.90 Å². The average Bonchev–Trinajstić information content (AvgIpc) is 2.73. The fourth-order valence-electron chi connectivity index (χ4n) is 5.76. The number of hydrogen-bond acceptors (Lipinski definition) is 4. The lowest BCUT2D eigenvalue weighted by Crippen LogP contribution is -2.62. The van der Waals surface area contributed by atoms with Gasteiger partial charge in [-0.25, -0.2) is 4.98 Å². The molecule has 2 unspecified atom stereocenters. The van der Waals surface area contributed by atoms with Crippen molar-refractivity contribution < 1.29 is 9.90 Å². The zero-order chi connectivity index (χ0) is 15.1. The molecule has 4 aliphatic carbocycles. The summed E-state index contributed by atoms with van der Waals surface area (Å²) >= 11 is 5.95. The van der Waals surface area contributed by atoms with E-state index in [-0.39, 0.29) is 17.2 Å². The summed E-state index contributed by atoms with van der Waals surface area (Å²) in [6, 6.07) is 0.177. The highest BCUT2D eigenvalue weighted by molar-refractivity contribution is 6.28. The van der Waals surface area contributed by atoms with Crippen LogP contribution in [-0.4, -0.2) is 32.6 Å². The van der Waals surface area contributed by atoms with E-state index in [0.717, 1.165) is 37.7 Å². The highest BCUT2D eigenvalue weighted by Crippen LogP contribution is 2.57. The van der Waals surface area contributed by atoms with Crippen LogP contribution in [0.5, 0.6) is 0 Å². The van der Waals surface area contributed by atoms with Crippen LogP contribution in [0.4, 0.5) is 5.82 Å². The monoisotopic (exact) mass is 319 g/mol. The Morgan fingerprint density at radius 1 is 1.27 bits per heavy atom. The summed E-state index contributed by atoms with van der Waals surface area (Å²) in [4.78, 5) is 22.8. The van der Waals surface area contributed by atoms with Crippen LogP contribution in [-0.2, 0) is 11.2 Å². The molecule has 0 saturated heterocycles. The SMILES string of the molecule is O=C1Cc2cnc(Cl)nc2N1C1C2CC3CC1CC(O)(C3)C2. The van der Waals surface area contributed by atoms with Crippen LogP contribution in [0, 0.1) is 17.8 Å². The zero-order valence-electron chi connectivity index (χ0n) is 12.2. The van der Waals surface area contributed by atoms with Crippen molar-refractivity contribution in [2.75, 3.05) is 4.90 Å². The minimum atomic E-state index is -0.484. The maximum absolute atomic E-state index is 12.6. The van der Waals surface area contributed by atoms with Gasteiger partial charge >= 0.3 is 0 Å². The van der Waals surface area contributed by atoms with Crippen molar-refractivity contribution >= 4 is 23.3 Å². The molecule has 0 spiro atoms. The number of hydrogen-bond donors (Lipinski definition) is 1. The number of amides is 1. The molecule has 1 aromatic rings. The number of carbonyl (C=O) groups excluding carboxylic acids is 1. The number of halogens is 1. The lowest BCUT2D eigenvalue weighted by Gasteiger charge is -2.59. The molecule has 6 heteroatoms. The fourth-order valence-corrected chi connectivity index (χ4v) is 5.89. The lowest BCUT2D eigenvalue weighted by atomic mass is 9.52. The first-order valence-corrected chi connectivity index (χ1v) is 8.46. The molecule has 5 nitrogen and oxygen atoms in total. The standard InChI is InChI=1S/C16H18ClN3O2/c17-15-18-7-11-3-12(21)20(14(11)19-15)13-9-1-8-2-10(13)6-16(22,4-8)5-9/h7-10,13,22H,1-6H2. The van der Waals surface area contributed by atoms with Crippen LogP contribution in [0.25, 0.3) is 0 Å². The van der Waals surface area contributed by atoms with E-state index in [1.54, 1.807) is 6.20 Å². The van der Waals surface area contributed by atoms with E-state index < -0.39 is 5.60 Å². The molecule has 0 radical (unpaired) electrons. The summed E-state index contributed by atoms with van der Waals surface area (Å²) < 4.78 is 0. The minimum absolute atomic E-state index is 0.107. The third kappa shape index (κ3) is 1.72. The molecule has 6 rings (SSSR count). The van der Waals surface area contributed by atoms with Gasteiger partial charge in [-0.3, -0.25) is 9.69 Å². The van der Waals surface area contributed by atoms with Gasteiger partial charge in [0, 0.05) is 17.8 Å². The molecule has 1 aliphatic heterocycles. The summed E-state index contributed by atoms with van der Waals surface area (Å²) in [5, 5.41) is 10.9. The van der Waals surface area contributed by atoms with Crippen LogP contribution in [0.15, 0.2) is 6.20 Å². The number of fused-ring (bicyclic) bond motifs is 1. The molecule has 5 aliphatic rings. The van der Waals surface area contributed by atoms with Gasteiger partial charge in [0.15, 0.2) is 0 Å². The van der Waals surface area contributed by atoms with E-state index in [2.05, 4.69) is 9.97 Å². The summed E-state index contributed by atoms with van der Waals surface area (Å²) in [7, 11) is 0. The number of nitrogens with zero attached hydrogens (tertiary/aromatic N) is 3. The average molecular weight is 320 g/mol. The summed E-state index contributed by atoms with van der Waals surface area (Å²) in [6.07, 6.45) is 6.89. The molecule has 4 saturated carbocycles. The van der Waals surface area contributed by atoms with Gasteiger partial charge in [0.05, 0.1) is 12.0 Å². The maximum atomic E-state index is 12.6. The molecule has 2 atom stereocenters. The quantitative estimate of drug-likeness (QED) is 0.804. The second kappa shape index (κ2) is 4.20. The molecule has 4 bridgehead atoms. The first-order chi connectivity index (χ1) is 10.5. The molecule has 4 fully saturated rings. The Hall–Kier alpha value is -1.20. The molecule has 0 aromatic carbocycles. The fraction of sp³-hybridized carbons (Fsp3) is 0.688. The second-order valence-electron chi connectivity index (χ2n) is 7.61. The molecule has 1 N–H and O–H groups in total. The smallest absolute Gasteiger partial charge is 0.233 e. The van der Waals surface area contributed by atoms with Crippen molar-refractivity contribution in [1.29, 1.82) is 0 Å². The third-order valence-corrected chi connectivity index (χ3v) is 6.32. The molecular weight excluding hydrogens is 302 g/mol. The van der Waals surface area contributed by atoms with Crippen molar-refractivity contribution in [3.05, 3.63) is 17.0 Å². The lowest BCUT2D eigenvalue weighted by molar-refractivity contribution is -0.139. The Kier molecular flexibility index (Phi) is 2.53. The second-order valence-corrected chi connectivity index (χ2v) is 7.95. The van der Waals surface area contributed by atoms with Crippen molar-refractivity contribution in [2.24, 2.45) is 17.8 Å². The van der Waals surface area contributed by atoms with E-state index in [4.69, 9.17) is 11.6 Å². The van der Waals surface area contributed by atoms with Crippen LogP contribution in [0.1, 0.15) is 37.7 Å². The van der Waals surface area contributed by atoms with Crippen LogP contribution >= 0.6 is 11.6 Å². The molecule has 2 heterocycles. The Bertz CT molecular complexity index is 663. The molecule has 1 aromatic heterocycles. The van der Waals surface area contributed by atoms with Gasteiger partial charge in [0.25, 0.3) is 0 Å². The number of carbonyl (C=O) groups is 1. The van der Waals surface area contributed by atoms with E-state index >= 15 is 0 Å². The summed E-state index contributed by atoms with van der Waals surface area (Å²) in [5.41, 5.74) is 0.393. The van der Waals surface area contributed by atoms with Crippen LogP contribution in [0.3, 0.4) is 0 Å². The van der Waals surface area contributed by atoms with Crippen molar-refractivity contribution in [3.8, 4) is 0 Å². The Balaban J connectivity index is 1.56. The largest absolute Gasteiger partial charge is 0.390 e. The number of aliphatic hydroxyl groups is 1. The minimum Gasteiger partial charge on any atom is -0.390 e. The number of aromatic nitrogens is 2. The number of anilines is 1. The van der Waals surface area contributed by atoms with E-state index in [9.17, 15) is 9.90 Å². The molecule has 116 valence electrons. The maximum Gasteiger partial charge on any atom is 0.233 e. The van der Waals surface area contributed by atoms with E-state index in [1.165, 1.54) is 0 Å². The first kappa shape index (κ1) is 13.3. The van der Waals surface area contributed by atoms with Crippen LogP contribution in [0.2, 0.25) is 5.28 Å². The molecular formula is C16H18ClN3O2. The van der Waals surface area contributed by atoms with Gasteiger partial charge in [-0.05, 0) is 61.5 Å². The van der Waals surface area contributed by atoms with Gasteiger partial charge < -0.3 is 5.11 Å². The van der Waals surface area contributed by atoms with Crippen LogP contribution < -0.4 is 4.90 Å². The van der Waals surface area contributed by atoms with Gasteiger partial charge in [-0.1, -0.05) is 0 Å². The van der Waals surface area contributed by atoms with Crippen molar-refractivity contribution in [3.63, 3.8) is 0 Å². The Morgan fingerprint density at radius 2 is 2.00 bits per heavy atom. The zero-order valence-corrected chi connectivity index (χ0v) is 13.0. The Labute approximate surface area is 133 Å². The van der Waals surface area contributed by atoms with E-state index in [0.29, 0.717) is 30.0 Å². The summed E-state index contributed by atoms with van der Waals surface area (Å²) in [5.74, 6) is 2.22. The highest BCUT2D eigenvalue weighted by Gasteiger charge is 2.57. The number of rotatable bonds is 1. The van der Waals surface area contributed by atoms with Crippen molar-refractivity contribution in [1.82, 2.24) is 9.97 Å². The highest BCUT2D eigenvalue weighted by atomic mass is 35.5. The summed E-state index contributed by atoms with van der Waals surface area (Å²) in [6.45, 7) is 0. The third-order valence-electron chi connectivity index (χ3n) is 6.14. The normalized spacial score (nSPS) is 42.1. The van der Waals surface area contributed by atoms with Gasteiger partial charge in [-0.15, -0.1) is 0 Å². The topological polar surface area (TPSA) is 66.3 Å². The first-order valence-electron chi connectivity index (χ1n) is 8.08. The van der Waals surface area contributed by atoms with Gasteiger partial charge in [0.1, 0.15) is 5.82 Å². The molecule has 1 amide bonds. The van der Waals surface area contributed by atoms with Gasteiger partial charge in [0.2, 0.25) is 11.2 Å². The van der Waals surface area contributed by atoms with Crippen molar-refractivity contribution in [2.45, 2.75) is 50.2 Å².